The van der Waals surface area contributed by atoms with Gasteiger partial charge in [-0.1, -0.05) is 65.8 Å². The Morgan fingerprint density at radius 2 is 1.49 bits per heavy atom. The van der Waals surface area contributed by atoms with Gasteiger partial charge in [-0.3, -0.25) is 4.79 Å². The van der Waals surface area contributed by atoms with Crippen molar-refractivity contribution in [3.8, 4) is 22.5 Å². The van der Waals surface area contributed by atoms with Crippen LogP contribution in [0.5, 0.6) is 0 Å². The highest BCUT2D eigenvalue weighted by Gasteiger charge is 2.52. The van der Waals surface area contributed by atoms with E-state index in [1.807, 2.05) is 93.6 Å². The number of benzene rings is 3. The summed E-state index contributed by atoms with van der Waals surface area (Å²) in [6.07, 6.45) is 1.15. The molecule has 7 nitrogen and oxygen atoms in total. The molecule has 1 amide bonds. The number of aryl methyl sites for hydroxylation is 2. The zero-order valence-electron chi connectivity index (χ0n) is 22.7. The Morgan fingerprint density at radius 3 is 2.08 bits per heavy atom. The van der Waals surface area contributed by atoms with Crippen LogP contribution >= 0.6 is 0 Å². The van der Waals surface area contributed by atoms with Crippen molar-refractivity contribution in [2.45, 2.75) is 46.0 Å². The summed E-state index contributed by atoms with van der Waals surface area (Å²) in [5.74, 6) is 0.344. The van der Waals surface area contributed by atoms with Crippen LogP contribution in [-0.4, -0.2) is 30.4 Å². The number of hydrogen-bond donors (Lipinski definition) is 0. The van der Waals surface area contributed by atoms with Gasteiger partial charge in [-0.15, -0.1) is 0 Å². The first-order valence-electron chi connectivity index (χ1n) is 13.3. The van der Waals surface area contributed by atoms with Crippen LogP contribution in [0.2, 0.25) is 0 Å². The summed E-state index contributed by atoms with van der Waals surface area (Å²) in [7, 11) is 0. The number of anilines is 2. The van der Waals surface area contributed by atoms with Crippen molar-refractivity contribution in [1.29, 1.82) is 0 Å². The molecule has 0 saturated heterocycles. The monoisotopic (exact) mass is 524 g/mol. The summed E-state index contributed by atoms with van der Waals surface area (Å²) in [6, 6.07) is 23.7. The molecule has 0 atom stereocenters. The lowest BCUT2D eigenvalue weighted by Crippen LogP contribution is -2.27. The van der Waals surface area contributed by atoms with Gasteiger partial charge >= 0.3 is 12.1 Å². The first kappa shape index (κ1) is 26.2. The van der Waals surface area contributed by atoms with Crippen molar-refractivity contribution in [3.05, 3.63) is 89.6 Å². The highest BCUT2D eigenvalue weighted by atomic mass is 16.6. The van der Waals surface area contributed by atoms with E-state index in [0.29, 0.717) is 29.4 Å². The minimum atomic E-state index is -0.497. The molecule has 200 valence electrons. The Balaban J connectivity index is 1.45. The first-order valence-corrected chi connectivity index (χ1v) is 13.3. The maximum absolute atomic E-state index is 13.1. The van der Waals surface area contributed by atoms with Crippen LogP contribution in [0.15, 0.2) is 77.3 Å². The number of aromatic nitrogens is 1. The maximum Gasteiger partial charge on any atom is 0.419 e. The summed E-state index contributed by atoms with van der Waals surface area (Å²) < 4.78 is 16.4. The van der Waals surface area contributed by atoms with Crippen molar-refractivity contribution in [2.24, 2.45) is 0 Å². The van der Waals surface area contributed by atoms with Gasteiger partial charge in [0.05, 0.1) is 24.3 Å². The van der Waals surface area contributed by atoms with Gasteiger partial charge in [0.2, 0.25) is 0 Å². The SMILES string of the molecule is CCOC(=O)N(c1cccc(C)c1)c1c(C)noc1-c1ccc(-c2ccc(C3(C(=O)OCC)CC3)cc2)cc1. The second kappa shape index (κ2) is 10.8. The summed E-state index contributed by atoms with van der Waals surface area (Å²) >= 11 is 0. The molecule has 1 aliphatic rings. The predicted molar refractivity (Wildman–Crippen MR) is 150 cm³/mol. The zero-order chi connectivity index (χ0) is 27.6. The van der Waals surface area contributed by atoms with Crippen molar-refractivity contribution in [3.63, 3.8) is 0 Å². The smallest absolute Gasteiger partial charge is 0.419 e. The van der Waals surface area contributed by atoms with E-state index in [1.165, 1.54) is 4.90 Å². The Hall–Kier alpha value is -4.39. The molecule has 5 rings (SSSR count). The largest absolute Gasteiger partial charge is 0.465 e. The first-order chi connectivity index (χ1) is 18.9. The Morgan fingerprint density at radius 1 is 0.872 bits per heavy atom. The topological polar surface area (TPSA) is 81.9 Å². The molecule has 1 saturated carbocycles. The summed E-state index contributed by atoms with van der Waals surface area (Å²) in [6.45, 7) is 8.03. The minimum absolute atomic E-state index is 0.136. The third kappa shape index (κ3) is 5.04. The number of rotatable bonds is 8. The van der Waals surface area contributed by atoms with Crippen LogP contribution in [0.25, 0.3) is 22.5 Å². The molecule has 1 heterocycles. The van der Waals surface area contributed by atoms with Crippen molar-refractivity contribution < 1.29 is 23.6 Å². The van der Waals surface area contributed by atoms with Crippen LogP contribution in [0, 0.1) is 13.8 Å². The zero-order valence-corrected chi connectivity index (χ0v) is 22.7. The second-order valence-corrected chi connectivity index (χ2v) is 9.78. The van der Waals surface area contributed by atoms with Gasteiger partial charge in [-0.05, 0) is 74.9 Å². The van der Waals surface area contributed by atoms with Gasteiger partial charge in [0.1, 0.15) is 11.4 Å². The lowest BCUT2D eigenvalue weighted by Gasteiger charge is -2.22. The van der Waals surface area contributed by atoms with E-state index in [2.05, 4.69) is 5.16 Å². The van der Waals surface area contributed by atoms with Crippen molar-refractivity contribution in [1.82, 2.24) is 5.16 Å². The number of carbonyl (C=O) groups excluding carboxylic acids is 2. The van der Waals surface area contributed by atoms with Crippen molar-refractivity contribution in [2.75, 3.05) is 18.1 Å². The maximum atomic E-state index is 13.1. The number of amides is 1. The number of esters is 1. The minimum Gasteiger partial charge on any atom is -0.465 e. The van der Waals surface area contributed by atoms with Gasteiger partial charge in [-0.2, -0.15) is 0 Å². The molecule has 4 aromatic rings. The molecule has 1 aliphatic carbocycles. The quantitative estimate of drug-likeness (QED) is 0.222. The Bertz CT molecular complexity index is 1480. The van der Waals surface area contributed by atoms with Gasteiger partial charge < -0.3 is 14.0 Å². The molecule has 0 unspecified atom stereocenters. The van der Waals surface area contributed by atoms with Gasteiger partial charge in [-0.25, -0.2) is 9.69 Å². The molecule has 0 N–H and O–H groups in total. The lowest BCUT2D eigenvalue weighted by atomic mass is 9.93. The fraction of sp³-hybridized carbons (Fsp3) is 0.281. The second-order valence-electron chi connectivity index (χ2n) is 9.78. The predicted octanol–water partition coefficient (Wildman–Crippen LogP) is 7.51. The average Bonchev–Trinajstić information content (AvgIpc) is 3.68. The van der Waals surface area contributed by atoms with Gasteiger partial charge in [0, 0.05) is 5.56 Å². The van der Waals surface area contributed by atoms with Crippen LogP contribution in [0.1, 0.15) is 43.5 Å². The van der Waals surface area contributed by atoms with E-state index in [4.69, 9.17) is 14.0 Å². The molecule has 7 heteroatoms. The molecule has 3 aromatic carbocycles. The number of carbonyl (C=O) groups is 2. The third-order valence-electron chi connectivity index (χ3n) is 7.10. The molecular formula is C32H32N2O5. The van der Waals surface area contributed by atoms with E-state index in [-0.39, 0.29) is 12.6 Å². The number of hydrogen-bond acceptors (Lipinski definition) is 6. The molecule has 0 bridgehead atoms. The van der Waals surface area contributed by atoms with Crippen LogP contribution in [0.4, 0.5) is 16.2 Å². The molecule has 1 aromatic heterocycles. The molecule has 0 spiro atoms. The summed E-state index contributed by atoms with van der Waals surface area (Å²) in [4.78, 5) is 27.1. The normalized spacial score (nSPS) is 13.5. The van der Waals surface area contributed by atoms with Crippen LogP contribution in [-0.2, 0) is 19.7 Å². The highest BCUT2D eigenvalue weighted by Crippen LogP contribution is 2.49. The van der Waals surface area contributed by atoms with Gasteiger partial charge in [0.15, 0.2) is 5.76 Å². The molecule has 0 radical (unpaired) electrons. The number of nitrogens with zero attached hydrogens (tertiary/aromatic N) is 2. The van der Waals surface area contributed by atoms with Crippen LogP contribution < -0.4 is 4.90 Å². The molecular weight excluding hydrogens is 492 g/mol. The Kier molecular flexibility index (Phi) is 7.24. The molecule has 0 aliphatic heterocycles. The van der Waals surface area contributed by atoms with E-state index in [1.54, 1.807) is 6.92 Å². The molecule has 39 heavy (non-hydrogen) atoms. The fourth-order valence-corrected chi connectivity index (χ4v) is 4.90. The van der Waals surface area contributed by atoms with E-state index >= 15 is 0 Å². The van der Waals surface area contributed by atoms with E-state index < -0.39 is 11.5 Å². The summed E-state index contributed by atoms with van der Waals surface area (Å²) in [5.41, 5.74) is 6.17. The van der Waals surface area contributed by atoms with E-state index in [9.17, 15) is 9.59 Å². The third-order valence-corrected chi connectivity index (χ3v) is 7.10. The van der Waals surface area contributed by atoms with Gasteiger partial charge in [0.25, 0.3) is 0 Å². The highest BCUT2D eigenvalue weighted by molar-refractivity contribution is 6.00. The summed E-state index contributed by atoms with van der Waals surface area (Å²) in [5, 5.41) is 4.19. The molecule has 1 fully saturated rings. The van der Waals surface area contributed by atoms with E-state index in [0.717, 1.165) is 40.7 Å². The fourth-order valence-electron chi connectivity index (χ4n) is 4.90. The van der Waals surface area contributed by atoms with Crippen molar-refractivity contribution >= 4 is 23.4 Å². The lowest BCUT2D eigenvalue weighted by molar-refractivity contribution is -0.146. The Labute approximate surface area is 228 Å². The number of ether oxygens (including phenoxy) is 2. The standard InChI is InChI=1S/C32H32N2O5/c1-5-37-30(35)32(18-19-32)26-16-14-24(15-17-26)23-10-12-25(13-11-23)29-28(22(4)33-39-29)34(31(36)38-6-2)27-9-7-8-21(3)20-27/h7-17,20H,5-6,18-19H2,1-4H3. The van der Waals surface area contributed by atoms with Crippen LogP contribution in [0.3, 0.4) is 0 Å². The average molecular weight is 525 g/mol.